The van der Waals surface area contributed by atoms with E-state index in [0.717, 1.165) is 32.6 Å². The monoisotopic (exact) mass is 294 g/mol. The van der Waals surface area contributed by atoms with E-state index in [-0.39, 0.29) is 18.1 Å². The quantitative estimate of drug-likeness (QED) is 0.878. The number of carbonyl (C=O) groups excluding carboxylic acids is 1. The zero-order valence-electron chi connectivity index (χ0n) is 11.8. The van der Waals surface area contributed by atoms with Crippen molar-refractivity contribution >= 4 is 17.4 Å². The zero-order valence-corrected chi connectivity index (χ0v) is 12.6. The number of urea groups is 1. The van der Waals surface area contributed by atoms with Gasteiger partial charge in [0, 0.05) is 37.1 Å². The largest absolute Gasteiger partial charge is 0.336 e. The van der Waals surface area contributed by atoms with Crippen LogP contribution < -0.4 is 11.1 Å². The number of piperazine rings is 1. The number of thiophene rings is 1. The van der Waals surface area contributed by atoms with Gasteiger partial charge in [-0.1, -0.05) is 13.0 Å². The second-order valence-electron chi connectivity index (χ2n) is 5.56. The molecule has 0 aromatic carbocycles. The second-order valence-corrected chi connectivity index (χ2v) is 6.54. The van der Waals surface area contributed by atoms with Crippen LogP contribution >= 0.6 is 11.3 Å². The first kappa shape index (κ1) is 13.9. The van der Waals surface area contributed by atoms with Crippen molar-refractivity contribution in [3.63, 3.8) is 0 Å². The third-order valence-corrected chi connectivity index (χ3v) is 5.31. The van der Waals surface area contributed by atoms with Crippen molar-refractivity contribution in [3.05, 3.63) is 22.4 Å². The fraction of sp³-hybridized carbons (Fsp3) is 0.643. The number of rotatable bonds is 4. The Balaban J connectivity index is 1.77. The normalized spacial score (nSPS) is 26.2. The maximum absolute atomic E-state index is 11.7. The lowest BCUT2D eigenvalue weighted by Gasteiger charge is -2.42. The highest BCUT2D eigenvalue weighted by atomic mass is 32.1. The van der Waals surface area contributed by atoms with Gasteiger partial charge < -0.3 is 16.0 Å². The van der Waals surface area contributed by atoms with Crippen LogP contribution in [-0.2, 0) is 0 Å². The van der Waals surface area contributed by atoms with Crippen molar-refractivity contribution in [2.45, 2.75) is 31.5 Å². The van der Waals surface area contributed by atoms with Gasteiger partial charge in [-0.3, -0.25) is 4.90 Å². The highest BCUT2D eigenvalue weighted by molar-refractivity contribution is 7.10. The van der Waals surface area contributed by atoms with E-state index in [1.165, 1.54) is 4.88 Å². The molecule has 1 aromatic rings. The van der Waals surface area contributed by atoms with E-state index >= 15 is 0 Å². The van der Waals surface area contributed by atoms with Gasteiger partial charge in [-0.25, -0.2) is 4.79 Å². The first-order chi connectivity index (χ1) is 9.70. The maximum Gasteiger partial charge on any atom is 0.317 e. The summed E-state index contributed by atoms with van der Waals surface area (Å²) in [5, 5.41) is 5.04. The van der Waals surface area contributed by atoms with E-state index in [0.29, 0.717) is 6.04 Å². The Kier molecular flexibility index (Phi) is 3.96. The molecule has 3 N–H and O–H groups in total. The zero-order chi connectivity index (χ0) is 14.1. The smallest absolute Gasteiger partial charge is 0.317 e. The van der Waals surface area contributed by atoms with Gasteiger partial charge in [0.25, 0.3) is 0 Å². The van der Waals surface area contributed by atoms with Crippen LogP contribution in [0, 0.1) is 0 Å². The molecule has 0 saturated carbocycles. The molecule has 5 nitrogen and oxygen atoms in total. The summed E-state index contributed by atoms with van der Waals surface area (Å²) in [6, 6.07) is 5.06. The van der Waals surface area contributed by atoms with Gasteiger partial charge in [0.05, 0.1) is 12.1 Å². The number of carbonyl (C=O) groups is 1. The van der Waals surface area contributed by atoms with E-state index in [1.54, 1.807) is 11.3 Å². The third kappa shape index (κ3) is 2.43. The van der Waals surface area contributed by atoms with E-state index in [4.69, 9.17) is 5.73 Å². The molecular formula is C14H22N4OS. The van der Waals surface area contributed by atoms with Gasteiger partial charge >= 0.3 is 6.03 Å². The summed E-state index contributed by atoms with van der Waals surface area (Å²) in [7, 11) is 0. The highest BCUT2D eigenvalue weighted by Crippen LogP contribution is 2.31. The Morgan fingerprint density at radius 3 is 3.10 bits per heavy atom. The van der Waals surface area contributed by atoms with Crippen LogP contribution in [0.4, 0.5) is 4.79 Å². The van der Waals surface area contributed by atoms with Gasteiger partial charge in [0.1, 0.15) is 0 Å². The summed E-state index contributed by atoms with van der Waals surface area (Å²) in [6.45, 7) is 5.51. The molecule has 3 unspecified atom stereocenters. The molecule has 0 bridgehead atoms. The molecule has 3 atom stereocenters. The van der Waals surface area contributed by atoms with Gasteiger partial charge in [0.2, 0.25) is 0 Å². The minimum Gasteiger partial charge on any atom is -0.336 e. The topological polar surface area (TPSA) is 61.6 Å². The van der Waals surface area contributed by atoms with Gasteiger partial charge in [0.15, 0.2) is 0 Å². The van der Waals surface area contributed by atoms with Gasteiger partial charge in [-0.05, 0) is 17.9 Å². The Bertz CT molecular complexity index is 464. The molecule has 2 aliphatic rings. The highest BCUT2D eigenvalue weighted by Gasteiger charge is 2.39. The summed E-state index contributed by atoms with van der Waals surface area (Å²) in [4.78, 5) is 17.4. The number of fused-ring (bicyclic) bond motifs is 1. The SMILES string of the molecule is CCC(N)C(c1cccs1)N1CCN2C(=O)NCC2C1. The number of hydrogen-bond acceptors (Lipinski definition) is 4. The number of nitrogens with one attached hydrogen (secondary N) is 1. The maximum atomic E-state index is 11.7. The lowest BCUT2D eigenvalue weighted by molar-refractivity contribution is 0.0779. The van der Waals surface area contributed by atoms with Crippen LogP contribution in [0.15, 0.2) is 17.5 Å². The first-order valence-corrected chi connectivity index (χ1v) is 8.16. The summed E-state index contributed by atoms with van der Waals surface area (Å²) in [6.07, 6.45) is 0.963. The van der Waals surface area contributed by atoms with Crippen LogP contribution in [0.25, 0.3) is 0 Å². The number of nitrogens with zero attached hydrogens (tertiary/aromatic N) is 2. The molecule has 20 heavy (non-hydrogen) atoms. The molecule has 0 spiro atoms. The lowest BCUT2D eigenvalue weighted by Crippen LogP contribution is -2.55. The predicted molar refractivity (Wildman–Crippen MR) is 80.8 cm³/mol. The van der Waals surface area contributed by atoms with E-state index < -0.39 is 0 Å². The Morgan fingerprint density at radius 1 is 1.55 bits per heavy atom. The van der Waals surface area contributed by atoms with Crippen LogP contribution in [0.2, 0.25) is 0 Å². The average Bonchev–Trinajstić information content (AvgIpc) is 3.10. The van der Waals surface area contributed by atoms with Crippen LogP contribution in [0.1, 0.15) is 24.3 Å². The Labute approximate surface area is 123 Å². The summed E-state index contributed by atoms with van der Waals surface area (Å²) >= 11 is 1.78. The third-order valence-electron chi connectivity index (χ3n) is 4.37. The minimum atomic E-state index is 0.0853. The molecule has 2 fully saturated rings. The predicted octanol–water partition coefficient (Wildman–Crippen LogP) is 1.24. The summed E-state index contributed by atoms with van der Waals surface area (Å²) in [5.41, 5.74) is 6.37. The van der Waals surface area contributed by atoms with Gasteiger partial charge in [-0.2, -0.15) is 0 Å². The van der Waals surface area contributed by atoms with Crippen molar-refractivity contribution in [1.29, 1.82) is 0 Å². The molecule has 2 aliphatic heterocycles. The molecule has 6 heteroatoms. The van der Waals surface area contributed by atoms with E-state index in [2.05, 4.69) is 34.7 Å². The standard InChI is InChI=1S/C14H22N4OS/c1-2-11(15)13(12-4-3-7-20-12)17-5-6-18-10(9-17)8-16-14(18)19/h3-4,7,10-11,13H,2,5-6,8-9,15H2,1H3,(H,16,19). The Morgan fingerprint density at radius 2 is 2.40 bits per heavy atom. The molecule has 2 saturated heterocycles. The molecule has 3 rings (SSSR count). The molecule has 1 aromatic heterocycles. The molecule has 0 aliphatic carbocycles. The van der Waals surface area contributed by atoms with Crippen molar-refractivity contribution in [2.75, 3.05) is 26.2 Å². The van der Waals surface area contributed by atoms with Crippen molar-refractivity contribution in [2.24, 2.45) is 5.73 Å². The van der Waals surface area contributed by atoms with Crippen LogP contribution in [0.5, 0.6) is 0 Å². The molecule has 3 heterocycles. The fourth-order valence-corrected chi connectivity index (χ4v) is 4.16. The van der Waals surface area contributed by atoms with Crippen molar-refractivity contribution < 1.29 is 4.79 Å². The van der Waals surface area contributed by atoms with E-state index in [9.17, 15) is 4.79 Å². The minimum absolute atomic E-state index is 0.0853. The van der Waals surface area contributed by atoms with E-state index in [1.807, 2.05) is 4.90 Å². The van der Waals surface area contributed by atoms with Crippen molar-refractivity contribution in [1.82, 2.24) is 15.1 Å². The average molecular weight is 294 g/mol. The Hall–Kier alpha value is -1.11. The van der Waals surface area contributed by atoms with Crippen LogP contribution in [-0.4, -0.2) is 54.1 Å². The lowest BCUT2D eigenvalue weighted by atomic mass is 10.0. The van der Waals surface area contributed by atoms with Gasteiger partial charge in [-0.15, -0.1) is 11.3 Å². The molecule has 110 valence electrons. The summed E-state index contributed by atoms with van der Waals surface area (Å²) < 4.78 is 0. The molecule has 2 amide bonds. The number of amides is 2. The van der Waals surface area contributed by atoms with Crippen molar-refractivity contribution in [3.8, 4) is 0 Å². The summed E-state index contributed by atoms with van der Waals surface area (Å²) in [5.74, 6) is 0. The second kappa shape index (κ2) is 5.71. The molecular weight excluding hydrogens is 272 g/mol. The number of hydrogen-bond donors (Lipinski definition) is 2. The first-order valence-electron chi connectivity index (χ1n) is 7.28. The molecule has 0 radical (unpaired) electrons. The number of nitrogens with two attached hydrogens (primary N) is 1. The fourth-order valence-electron chi connectivity index (χ4n) is 3.23. The van der Waals surface area contributed by atoms with Crippen LogP contribution in [0.3, 0.4) is 0 Å².